The minimum Gasteiger partial charge on any atom is -0.381 e. The minimum absolute atomic E-state index is 0.145. The summed E-state index contributed by atoms with van der Waals surface area (Å²) in [6, 6.07) is 0. The van der Waals surface area contributed by atoms with Gasteiger partial charge in [-0.2, -0.15) is 0 Å². The molecular formula is C10H16N2OS. The van der Waals surface area contributed by atoms with Crippen molar-refractivity contribution in [2.75, 3.05) is 19.8 Å². The lowest BCUT2D eigenvalue weighted by Crippen LogP contribution is -2.40. The van der Waals surface area contributed by atoms with Gasteiger partial charge in [-0.15, -0.1) is 11.3 Å². The molecule has 1 aromatic rings. The molecule has 0 bridgehead atoms. The van der Waals surface area contributed by atoms with Gasteiger partial charge >= 0.3 is 0 Å². The summed E-state index contributed by atoms with van der Waals surface area (Å²) in [4.78, 5) is 4.31. The second kappa shape index (κ2) is 4.38. The Labute approximate surface area is 88.3 Å². The molecule has 1 aliphatic rings. The lowest BCUT2D eigenvalue weighted by atomic mass is 9.79. The van der Waals surface area contributed by atoms with E-state index in [-0.39, 0.29) is 5.41 Å². The van der Waals surface area contributed by atoms with Crippen LogP contribution in [-0.2, 0) is 11.2 Å². The first-order valence-electron chi connectivity index (χ1n) is 5.00. The Morgan fingerprint density at radius 2 is 2.57 bits per heavy atom. The number of nitrogens with zero attached hydrogens (tertiary/aromatic N) is 1. The first-order chi connectivity index (χ1) is 6.85. The third kappa shape index (κ3) is 2.13. The van der Waals surface area contributed by atoms with Gasteiger partial charge in [-0.05, 0) is 19.3 Å². The predicted octanol–water partition coefficient (Wildman–Crippen LogP) is 1.44. The average Bonchev–Trinajstić information content (AvgIpc) is 2.72. The molecular weight excluding hydrogens is 196 g/mol. The lowest BCUT2D eigenvalue weighted by molar-refractivity contribution is -0.00305. The van der Waals surface area contributed by atoms with E-state index in [0.29, 0.717) is 6.54 Å². The van der Waals surface area contributed by atoms with Crippen LogP contribution >= 0.6 is 11.3 Å². The molecule has 3 nitrogen and oxygen atoms in total. The SMILES string of the molecule is NCC1(Cc2cscn2)CCCOC1. The van der Waals surface area contributed by atoms with Gasteiger partial charge in [0.05, 0.1) is 17.8 Å². The highest BCUT2D eigenvalue weighted by atomic mass is 32.1. The molecule has 0 saturated carbocycles. The molecule has 1 unspecified atom stereocenters. The molecule has 1 saturated heterocycles. The van der Waals surface area contributed by atoms with Gasteiger partial charge in [0.15, 0.2) is 0 Å². The van der Waals surface area contributed by atoms with Crippen LogP contribution in [0, 0.1) is 5.41 Å². The molecule has 0 radical (unpaired) electrons. The summed E-state index contributed by atoms with van der Waals surface area (Å²) in [5.74, 6) is 0. The summed E-state index contributed by atoms with van der Waals surface area (Å²) in [6.07, 6.45) is 3.26. The van der Waals surface area contributed by atoms with E-state index < -0.39 is 0 Å². The highest BCUT2D eigenvalue weighted by molar-refractivity contribution is 7.07. The Bertz CT molecular complexity index is 268. The predicted molar refractivity (Wildman–Crippen MR) is 57.4 cm³/mol. The Hall–Kier alpha value is -0.450. The van der Waals surface area contributed by atoms with Crippen molar-refractivity contribution < 1.29 is 4.74 Å². The largest absolute Gasteiger partial charge is 0.381 e. The van der Waals surface area contributed by atoms with Crippen LogP contribution < -0.4 is 5.73 Å². The van der Waals surface area contributed by atoms with Crippen molar-refractivity contribution in [3.05, 3.63) is 16.6 Å². The van der Waals surface area contributed by atoms with Crippen LogP contribution in [0.4, 0.5) is 0 Å². The van der Waals surface area contributed by atoms with Crippen LogP contribution in [0.25, 0.3) is 0 Å². The van der Waals surface area contributed by atoms with E-state index in [1.54, 1.807) is 11.3 Å². The van der Waals surface area contributed by atoms with Gasteiger partial charge in [-0.25, -0.2) is 4.98 Å². The summed E-state index contributed by atoms with van der Waals surface area (Å²) in [5, 5.41) is 2.10. The van der Waals surface area contributed by atoms with Crippen LogP contribution in [0.1, 0.15) is 18.5 Å². The first kappa shape index (κ1) is 10.1. The van der Waals surface area contributed by atoms with Crippen molar-refractivity contribution in [2.45, 2.75) is 19.3 Å². The number of rotatable bonds is 3. The summed E-state index contributed by atoms with van der Waals surface area (Å²) in [6.45, 7) is 2.38. The highest BCUT2D eigenvalue weighted by Gasteiger charge is 2.32. The van der Waals surface area contributed by atoms with Crippen molar-refractivity contribution in [1.29, 1.82) is 0 Å². The first-order valence-corrected chi connectivity index (χ1v) is 5.94. The molecule has 0 spiro atoms. The van der Waals surface area contributed by atoms with E-state index in [9.17, 15) is 0 Å². The average molecular weight is 212 g/mol. The van der Waals surface area contributed by atoms with Crippen LogP contribution in [0.15, 0.2) is 10.9 Å². The van der Waals surface area contributed by atoms with E-state index >= 15 is 0 Å². The van der Waals surface area contributed by atoms with Gasteiger partial charge in [0.2, 0.25) is 0 Å². The molecule has 1 atom stereocenters. The molecule has 1 aromatic heterocycles. The summed E-state index contributed by atoms with van der Waals surface area (Å²) in [5.41, 5.74) is 9.03. The van der Waals surface area contributed by atoms with E-state index in [0.717, 1.165) is 31.7 Å². The van der Waals surface area contributed by atoms with Crippen molar-refractivity contribution in [3.63, 3.8) is 0 Å². The van der Waals surface area contributed by atoms with Gasteiger partial charge in [-0.3, -0.25) is 0 Å². The quantitative estimate of drug-likeness (QED) is 0.824. The van der Waals surface area contributed by atoms with Crippen molar-refractivity contribution in [2.24, 2.45) is 11.1 Å². The van der Waals surface area contributed by atoms with Crippen molar-refractivity contribution in [1.82, 2.24) is 4.98 Å². The maximum Gasteiger partial charge on any atom is 0.0794 e. The number of ether oxygens (including phenoxy) is 1. The fourth-order valence-electron chi connectivity index (χ4n) is 1.99. The van der Waals surface area contributed by atoms with Gasteiger partial charge < -0.3 is 10.5 Å². The standard InChI is InChI=1S/C10H16N2OS/c11-6-10(2-1-3-13-7-10)4-9-5-14-8-12-9/h5,8H,1-4,6-7,11H2. The summed E-state index contributed by atoms with van der Waals surface area (Å²) < 4.78 is 5.52. The van der Waals surface area contributed by atoms with Crippen LogP contribution in [0.5, 0.6) is 0 Å². The molecule has 2 N–H and O–H groups in total. The second-order valence-electron chi connectivity index (χ2n) is 4.02. The zero-order chi connectivity index (χ0) is 9.86. The number of nitrogens with two attached hydrogens (primary N) is 1. The van der Waals surface area contributed by atoms with Crippen LogP contribution in [0.3, 0.4) is 0 Å². The number of thiazole rings is 1. The van der Waals surface area contributed by atoms with E-state index in [2.05, 4.69) is 10.4 Å². The Morgan fingerprint density at radius 1 is 1.64 bits per heavy atom. The fourth-order valence-corrected chi connectivity index (χ4v) is 2.55. The number of aromatic nitrogens is 1. The Balaban J connectivity index is 2.04. The fraction of sp³-hybridized carbons (Fsp3) is 0.700. The minimum atomic E-state index is 0.145. The van der Waals surface area contributed by atoms with E-state index in [4.69, 9.17) is 10.5 Å². The molecule has 4 heteroatoms. The van der Waals surface area contributed by atoms with Crippen molar-refractivity contribution >= 4 is 11.3 Å². The molecule has 1 fully saturated rings. The van der Waals surface area contributed by atoms with Gasteiger partial charge in [-0.1, -0.05) is 0 Å². The van der Waals surface area contributed by atoms with E-state index in [1.165, 1.54) is 6.42 Å². The molecule has 1 aliphatic heterocycles. The number of hydrogen-bond acceptors (Lipinski definition) is 4. The smallest absolute Gasteiger partial charge is 0.0794 e. The normalized spacial score (nSPS) is 27.8. The van der Waals surface area contributed by atoms with Gasteiger partial charge in [0, 0.05) is 23.9 Å². The third-order valence-electron chi connectivity index (χ3n) is 2.88. The maximum absolute atomic E-state index is 5.85. The molecule has 0 aliphatic carbocycles. The molecule has 2 rings (SSSR count). The van der Waals surface area contributed by atoms with Gasteiger partial charge in [0.25, 0.3) is 0 Å². The van der Waals surface area contributed by atoms with Crippen molar-refractivity contribution in [3.8, 4) is 0 Å². The Kier molecular flexibility index (Phi) is 3.15. The molecule has 0 amide bonds. The zero-order valence-electron chi connectivity index (χ0n) is 8.24. The Morgan fingerprint density at radius 3 is 3.14 bits per heavy atom. The van der Waals surface area contributed by atoms with Crippen LogP contribution in [0.2, 0.25) is 0 Å². The number of hydrogen-bond donors (Lipinski definition) is 1. The zero-order valence-corrected chi connectivity index (χ0v) is 9.05. The molecule has 2 heterocycles. The molecule has 0 aromatic carbocycles. The summed E-state index contributed by atoms with van der Waals surface area (Å²) in [7, 11) is 0. The van der Waals surface area contributed by atoms with E-state index in [1.807, 2.05) is 5.51 Å². The summed E-state index contributed by atoms with van der Waals surface area (Å²) >= 11 is 1.64. The third-order valence-corrected chi connectivity index (χ3v) is 3.51. The van der Waals surface area contributed by atoms with Gasteiger partial charge in [0.1, 0.15) is 0 Å². The highest BCUT2D eigenvalue weighted by Crippen LogP contribution is 2.31. The maximum atomic E-state index is 5.85. The second-order valence-corrected chi connectivity index (χ2v) is 4.74. The lowest BCUT2D eigenvalue weighted by Gasteiger charge is -2.35. The molecule has 14 heavy (non-hydrogen) atoms. The van der Waals surface area contributed by atoms with Crippen LogP contribution in [-0.4, -0.2) is 24.7 Å². The molecule has 78 valence electrons. The topological polar surface area (TPSA) is 48.1 Å². The monoisotopic (exact) mass is 212 g/mol.